The monoisotopic (exact) mass is 382 g/mol. The minimum absolute atomic E-state index is 0.0829. The van der Waals surface area contributed by atoms with Gasteiger partial charge in [-0.3, -0.25) is 4.79 Å². The van der Waals surface area contributed by atoms with Gasteiger partial charge < -0.3 is 14.6 Å². The second-order valence-electron chi connectivity index (χ2n) is 7.27. The van der Waals surface area contributed by atoms with Crippen molar-refractivity contribution in [2.75, 3.05) is 13.2 Å². The van der Waals surface area contributed by atoms with Crippen molar-refractivity contribution in [3.63, 3.8) is 0 Å². The molecule has 0 aliphatic carbocycles. The van der Waals surface area contributed by atoms with Crippen molar-refractivity contribution in [1.82, 2.24) is 0 Å². The molecule has 0 unspecified atom stereocenters. The summed E-state index contributed by atoms with van der Waals surface area (Å²) >= 11 is 0. The fraction of sp³-hybridized carbons (Fsp3) is 0.304. The van der Waals surface area contributed by atoms with Crippen LogP contribution in [0, 0.1) is 0 Å². The first-order valence-corrected chi connectivity index (χ1v) is 9.18. The maximum atomic E-state index is 12.6. The van der Waals surface area contributed by atoms with E-state index in [0.717, 1.165) is 5.56 Å². The number of esters is 1. The van der Waals surface area contributed by atoms with Gasteiger partial charge in [0.1, 0.15) is 11.4 Å². The van der Waals surface area contributed by atoms with Crippen LogP contribution in [-0.4, -0.2) is 35.7 Å². The van der Waals surface area contributed by atoms with Gasteiger partial charge >= 0.3 is 5.97 Å². The molecule has 0 aliphatic rings. The first-order valence-electron chi connectivity index (χ1n) is 9.18. The van der Waals surface area contributed by atoms with Crippen LogP contribution in [0.1, 0.15) is 48.7 Å². The fourth-order valence-corrected chi connectivity index (χ4v) is 2.37. The van der Waals surface area contributed by atoms with Crippen molar-refractivity contribution >= 4 is 17.8 Å². The summed E-state index contributed by atoms with van der Waals surface area (Å²) in [5, 5.41) is 8.76. The molecular weight excluding hydrogens is 356 g/mol. The van der Waals surface area contributed by atoms with E-state index in [9.17, 15) is 9.59 Å². The van der Waals surface area contributed by atoms with Crippen molar-refractivity contribution in [3.05, 3.63) is 71.3 Å². The number of ketones is 1. The second-order valence-corrected chi connectivity index (χ2v) is 7.27. The van der Waals surface area contributed by atoms with E-state index in [1.54, 1.807) is 54.6 Å². The molecule has 5 nitrogen and oxygen atoms in total. The lowest BCUT2D eigenvalue weighted by Gasteiger charge is -2.17. The van der Waals surface area contributed by atoms with Gasteiger partial charge in [0.15, 0.2) is 5.78 Å². The highest BCUT2D eigenvalue weighted by Crippen LogP contribution is 2.17. The van der Waals surface area contributed by atoms with E-state index < -0.39 is 11.6 Å². The maximum Gasteiger partial charge on any atom is 0.331 e. The van der Waals surface area contributed by atoms with Crippen molar-refractivity contribution in [2.24, 2.45) is 0 Å². The zero-order valence-corrected chi connectivity index (χ0v) is 16.5. The Bertz CT molecular complexity index is 812. The molecule has 5 heteroatoms. The van der Waals surface area contributed by atoms with Crippen LogP contribution in [0.5, 0.6) is 5.75 Å². The van der Waals surface area contributed by atoms with Gasteiger partial charge in [0.25, 0.3) is 0 Å². The molecule has 0 amide bonds. The SMILES string of the molecule is CC(C)(C)OC(=O)/C=C/c1ccc(C(=O)c2ccc(OCCCO)cc2)cc1. The Hall–Kier alpha value is -2.92. The van der Waals surface area contributed by atoms with Crippen molar-refractivity contribution in [2.45, 2.75) is 32.8 Å². The second kappa shape index (κ2) is 9.85. The van der Waals surface area contributed by atoms with Gasteiger partial charge in [-0.1, -0.05) is 24.3 Å². The summed E-state index contributed by atoms with van der Waals surface area (Å²) in [5.74, 6) is 0.158. The molecule has 0 bridgehead atoms. The van der Waals surface area contributed by atoms with Crippen LogP contribution in [0.4, 0.5) is 0 Å². The molecule has 0 heterocycles. The average molecular weight is 382 g/mol. The van der Waals surface area contributed by atoms with Gasteiger partial charge in [0.2, 0.25) is 0 Å². The van der Waals surface area contributed by atoms with Crippen LogP contribution >= 0.6 is 0 Å². The van der Waals surface area contributed by atoms with E-state index in [4.69, 9.17) is 14.6 Å². The number of benzene rings is 2. The van der Waals surface area contributed by atoms with Crippen LogP contribution in [0.25, 0.3) is 6.08 Å². The van der Waals surface area contributed by atoms with Crippen LogP contribution in [0.3, 0.4) is 0 Å². The molecule has 0 radical (unpaired) electrons. The van der Waals surface area contributed by atoms with E-state index in [1.807, 2.05) is 20.8 Å². The van der Waals surface area contributed by atoms with Gasteiger partial charge in [-0.05, 0) is 56.7 Å². The van der Waals surface area contributed by atoms with E-state index in [1.165, 1.54) is 6.08 Å². The number of ether oxygens (including phenoxy) is 2. The predicted octanol–water partition coefficient (Wildman–Crippen LogP) is 4.03. The fourth-order valence-electron chi connectivity index (χ4n) is 2.37. The number of hydrogen-bond donors (Lipinski definition) is 1. The standard InChI is InChI=1S/C23H26O5/c1-23(2,3)28-21(25)14-7-17-5-8-18(9-6-17)22(26)19-10-12-20(13-11-19)27-16-4-15-24/h5-14,24H,4,15-16H2,1-3H3/b14-7+. The molecule has 2 aromatic carbocycles. The number of aliphatic hydroxyl groups is 1. The molecule has 1 N–H and O–H groups in total. The van der Waals surface area contributed by atoms with Gasteiger partial charge in [0.05, 0.1) is 6.61 Å². The molecule has 0 atom stereocenters. The van der Waals surface area contributed by atoms with Gasteiger partial charge in [-0.15, -0.1) is 0 Å². The first-order chi connectivity index (χ1) is 13.3. The Balaban J connectivity index is 1.98. The molecule has 0 aliphatic heterocycles. The van der Waals surface area contributed by atoms with Crippen molar-refractivity contribution in [3.8, 4) is 5.75 Å². The highest BCUT2D eigenvalue weighted by atomic mass is 16.6. The molecule has 0 aromatic heterocycles. The van der Waals surface area contributed by atoms with Crippen LogP contribution in [-0.2, 0) is 9.53 Å². The number of rotatable bonds is 8. The normalized spacial score (nSPS) is 11.4. The largest absolute Gasteiger partial charge is 0.494 e. The third-order valence-electron chi connectivity index (χ3n) is 3.68. The Kier molecular flexibility index (Phi) is 7.52. The molecule has 0 saturated carbocycles. The minimum Gasteiger partial charge on any atom is -0.494 e. The molecule has 0 spiro atoms. The number of carbonyl (C=O) groups excluding carboxylic acids is 2. The lowest BCUT2D eigenvalue weighted by molar-refractivity contribution is -0.148. The molecular formula is C23H26O5. The highest BCUT2D eigenvalue weighted by molar-refractivity contribution is 6.09. The van der Waals surface area contributed by atoms with Crippen LogP contribution < -0.4 is 4.74 Å². The summed E-state index contributed by atoms with van der Waals surface area (Å²) in [6, 6.07) is 13.9. The molecule has 148 valence electrons. The molecule has 2 aromatic rings. The lowest BCUT2D eigenvalue weighted by Crippen LogP contribution is -2.22. The van der Waals surface area contributed by atoms with Gasteiger partial charge in [0, 0.05) is 30.2 Å². The maximum absolute atomic E-state index is 12.6. The number of aliphatic hydroxyl groups excluding tert-OH is 1. The van der Waals surface area contributed by atoms with Gasteiger partial charge in [-0.2, -0.15) is 0 Å². The van der Waals surface area contributed by atoms with Crippen LogP contribution in [0.2, 0.25) is 0 Å². The quantitative estimate of drug-likeness (QED) is 0.323. The van der Waals surface area contributed by atoms with E-state index >= 15 is 0 Å². The van der Waals surface area contributed by atoms with Crippen molar-refractivity contribution in [1.29, 1.82) is 0 Å². The molecule has 0 fully saturated rings. The number of carbonyl (C=O) groups is 2. The third-order valence-corrected chi connectivity index (χ3v) is 3.68. The molecule has 0 saturated heterocycles. The summed E-state index contributed by atoms with van der Waals surface area (Å²) in [6.07, 6.45) is 3.59. The summed E-state index contributed by atoms with van der Waals surface area (Å²) in [5.41, 5.74) is 1.39. The first kappa shape index (κ1) is 21.4. The Labute approximate surface area is 165 Å². The predicted molar refractivity (Wildman–Crippen MR) is 108 cm³/mol. The average Bonchev–Trinajstić information content (AvgIpc) is 2.66. The summed E-state index contributed by atoms with van der Waals surface area (Å²) < 4.78 is 10.7. The smallest absolute Gasteiger partial charge is 0.331 e. The zero-order valence-electron chi connectivity index (χ0n) is 16.5. The minimum atomic E-state index is -0.531. The zero-order chi connectivity index (χ0) is 20.6. The van der Waals surface area contributed by atoms with Crippen LogP contribution in [0.15, 0.2) is 54.6 Å². The third kappa shape index (κ3) is 7.00. The van der Waals surface area contributed by atoms with Crippen molar-refractivity contribution < 1.29 is 24.2 Å². The van der Waals surface area contributed by atoms with E-state index in [2.05, 4.69) is 0 Å². The molecule has 28 heavy (non-hydrogen) atoms. The molecule has 2 rings (SSSR count). The van der Waals surface area contributed by atoms with Gasteiger partial charge in [-0.25, -0.2) is 4.79 Å². The van der Waals surface area contributed by atoms with E-state index in [-0.39, 0.29) is 12.4 Å². The van der Waals surface area contributed by atoms with E-state index in [0.29, 0.717) is 29.9 Å². The lowest BCUT2D eigenvalue weighted by atomic mass is 10.0. The summed E-state index contributed by atoms with van der Waals surface area (Å²) in [6.45, 7) is 5.95. The Morgan fingerprint density at radius 3 is 2.07 bits per heavy atom. The number of hydrogen-bond acceptors (Lipinski definition) is 5. The topological polar surface area (TPSA) is 72.8 Å². The Morgan fingerprint density at radius 2 is 1.54 bits per heavy atom. The summed E-state index contributed by atoms with van der Waals surface area (Å²) in [7, 11) is 0. The summed E-state index contributed by atoms with van der Waals surface area (Å²) in [4.78, 5) is 24.3. The highest BCUT2D eigenvalue weighted by Gasteiger charge is 2.14. The Morgan fingerprint density at radius 1 is 0.964 bits per heavy atom.